The van der Waals surface area contributed by atoms with E-state index in [0.29, 0.717) is 11.3 Å². The molecule has 0 amide bonds. The van der Waals surface area contributed by atoms with E-state index < -0.39 is 5.97 Å². The minimum atomic E-state index is -0.887. The number of hydrogen-bond donors (Lipinski definition) is 2. The molecule has 0 unspecified atom stereocenters. The Morgan fingerprint density at radius 2 is 1.88 bits per heavy atom. The number of carboxylic acids is 1. The van der Waals surface area contributed by atoms with Crippen LogP contribution in [0.25, 0.3) is 0 Å². The maximum atomic E-state index is 10.7. The molecule has 0 bridgehead atoms. The first kappa shape index (κ1) is 10.7. The SMILES string of the molecule is O=C(O)c1cc(Cc2ccc(O)cc2)cs1. The molecule has 0 spiro atoms. The third-order valence-electron chi connectivity index (χ3n) is 2.21. The van der Waals surface area contributed by atoms with Crippen molar-refractivity contribution in [3.63, 3.8) is 0 Å². The number of benzene rings is 1. The van der Waals surface area contributed by atoms with Crippen LogP contribution in [-0.4, -0.2) is 16.2 Å². The quantitative estimate of drug-likeness (QED) is 0.858. The Bertz CT molecular complexity index is 499. The van der Waals surface area contributed by atoms with Crippen molar-refractivity contribution in [2.45, 2.75) is 6.42 Å². The molecule has 4 heteroatoms. The molecule has 3 nitrogen and oxygen atoms in total. The molecule has 1 heterocycles. The van der Waals surface area contributed by atoms with E-state index in [0.717, 1.165) is 11.1 Å². The van der Waals surface area contributed by atoms with Crippen LogP contribution in [0.1, 0.15) is 20.8 Å². The number of rotatable bonds is 3. The lowest BCUT2D eigenvalue weighted by atomic mass is 10.1. The molecule has 16 heavy (non-hydrogen) atoms. The normalized spacial score (nSPS) is 10.2. The molecule has 0 fully saturated rings. The topological polar surface area (TPSA) is 57.5 Å². The van der Waals surface area contributed by atoms with Crippen LogP contribution < -0.4 is 0 Å². The highest BCUT2D eigenvalue weighted by Gasteiger charge is 2.06. The summed E-state index contributed by atoms with van der Waals surface area (Å²) >= 11 is 1.23. The van der Waals surface area contributed by atoms with Crippen LogP contribution in [0.2, 0.25) is 0 Å². The highest BCUT2D eigenvalue weighted by molar-refractivity contribution is 7.12. The molecular weight excluding hydrogens is 224 g/mol. The lowest BCUT2D eigenvalue weighted by Gasteiger charge is -1.98. The summed E-state index contributed by atoms with van der Waals surface area (Å²) in [7, 11) is 0. The molecule has 0 saturated carbocycles. The maximum absolute atomic E-state index is 10.7. The van der Waals surface area contributed by atoms with Crippen molar-refractivity contribution in [1.29, 1.82) is 0 Å². The zero-order valence-electron chi connectivity index (χ0n) is 8.38. The van der Waals surface area contributed by atoms with Gasteiger partial charge in [-0.3, -0.25) is 0 Å². The Morgan fingerprint density at radius 1 is 1.19 bits per heavy atom. The van der Waals surface area contributed by atoms with Gasteiger partial charge in [0.25, 0.3) is 0 Å². The second kappa shape index (κ2) is 4.37. The molecule has 0 atom stereocenters. The van der Waals surface area contributed by atoms with Crippen molar-refractivity contribution in [2.75, 3.05) is 0 Å². The van der Waals surface area contributed by atoms with Gasteiger partial charge in [-0.15, -0.1) is 11.3 Å². The first-order chi connectivity index (χ1) is 7.65. The number of aromatic hydroxyl groups is 1. The molecule has 2 aromatic rings. The molecule has 2 rings (SSSR count). The number of carboxylic acid groups (broad SMARTS) is 1. The van der Waals surface area contributed by atoms with E-state index in [1.165, 1.54) is 11.3 Å². The third kappa shape index (κ3) is 2.41. The van der Waals surface area contributed by atoms with Gasteiger partial charge in [-0.25, -0.2) is 4.79 Å². The lowest BCUT2D eigenvalue weighted by Crippen LogP contribution is -1.91. The van der Waals surface area contributed by atoms with E-state index in [-0.39, 0.29) is 5.75 Å². The number of hydrogen-bond acceptors (Lipinski definition) is 3. The molecule has 0 aliphatic rings. The van der Waals surface area contributed by atoms with E-state index in [9.17, 15) is 4.79 Å². The predicted octanol–water partition coefficient (Wildman–Crippen LogP) is 2.74. The van der Waals surface area contributed by atoms with Gasteiger partial charge in [-0.2, -0.15) is 0 Å². The molecular formula is C12H10O3S. The first-order valence-corrected chi connectivity index (χ1v) is 5.62. The second-order valence-electron chi connectivity index (χ2n) is 3.47. The van der Waals surface area contributed by atoms with E-state index in [2.05, 4.69) is 0 Å². The highest BCUT2D eigenvalue weighted by atomic mass is 32.1. The van der Waals surface area contributed by atoms with Crippen LogP contribution >= 0.6 is 11.3 Å². The van der Waals surface area contributed by atoms with Gasteiger partial charge in [0.15, 0.2) is 0 Å². The Labute approximate surface area is 96.6 Å². The monoisotopic (exact) mass is 234 g/mol. The second-order valence-corrected chi connectivity index (χ2v) is 4.38. The Morgan fingerprint density at radius 3 is 2.44 bits per heavy atom. The number of carbonyl (C=O) groups is 1. The van der Waals surface area contributed by atoms with Gasteiger partial charge in [0.2, 0.25) is 0 Å². The summed E-state index contributed by atoms with van der Waals surface area (Å²) in [5.41, 5.74) is 2.03. The van der Waals surface area contributed by atoms with Crippen molar-refractivity contribution in [1.82, 2.24) is 0 Å². The summed E-state index contributed by atoms with van der Waals surface area (Å²) in [4.78, 5) is 11.0. The van der Waals surface area contributed by atoms with Gasteiger partial charge in [-0.05, 0) is 41.1 Å². The fraction of sp³-hybridized carbons (Fsp3) is 0.0833. The zero-order valence-corrected chi connectivity index (χ0v) is 9.20. The van der Waals surface area contributed by atoms with Crippen LogP contribution in [0.3, 0.4) is 0 Å². The molecule has 1 aromatic heterocycles. The number of thiophene rings is 1. The number of aromatic carboxylic acids is 1. The van der Waals surface area contributed by atoms with Gasteiger partial charge in [0.05, 0.1) is 0 Å². The van der Waals surface area contributed by atoms with Gasteiger partial charge < -0.3 is 10.2 Å². The van der Waals surface area contributed by atoms with Crippen LogP contribution in [0.15, 0.2) is 35.7 Å². The van der Waals surface area contributed by atoms with Gasteiger partial charge in [0.1, 0.15) is 10.6 Å². The Balaban J connectivity index is 2.14. The predicted molar refractivity (Wildman–Crippen MR) is 62.2 cm³/mol. The first-order valence-electron chi connectivity index (χ1n) is 4.74. The molecule has 0 radical (unpaired) electrons. The smallest absolute Gasteiger partial charge is 0.345 e. The molecule has 0 aliphatic heterocycles. The largest absolute Gasteiger partial charge is 0.508 e. The molecule has 82 valence electrons. The summed E-state index contributed by atoms with van der Waals surface area (Å²) in [6.07, 6.45) is 0.685. The van der Waals surface area contributed by atoms with Crippen LogP contribution in [0, 0.1) is 0 Å². The number of phenols is 1. The van der Waals surface area contributed by atoms with Crippen molar-refractivity contribution in [3.8, 4) is 5.75 Å². The van der Waals surface area contributed by atoms with E-state index in [1.54, 1.807) is 18.2 Å². The standard InChI is InChI=1S/C12H10O3S/c13-10-3-1-8(2-4-10)5-9-6-11(12(14)15)16-7-9/h1-4,6-7,13H,5H2,(H,14,15). The molecule has 0 aliphatic carbocycles. The summed E-state index contributed by atoms with van der Waals surface area (Å²) < 4.78 is 0. The van der Waals surface area contributed by atoms with Crippen LogP contribution in [0.5, 0.6) is 5.75 Å². The van der Waals surface area contributed by atoms with Gasteiger partial charge in [0, 0.05) is 0 Å². The van der Waals surface area contributed by atoms with Gasteiger partial charge >= 0.3 is 5.97 Å². The Hall–Kier alpha value is -1.81. The number of phenolic OH excluding ortho intramolecular Hbond substituents is 1. The molecule has 2 N–H and O–H groups in total. The minimum Gasteiger partial charge on any atom is -0.508 e. The average molecular weight is 234 g/mol. The van der Waals surface area contributed by atoms with Crippen LogP contribution in [0.4, 0.5) is 0 Å². The molecule has 1 aromatic carbocycles. The fourth-order valence-electron chi connectivity index (χ4n) is 1.43. The van der Waals surface area contributed by atoms with Gasteiger partial charge in [-0.1, -0.05) is 12.1 Å². The van der Waals surface area contributed by atoms with E-state index >= 15 is 0 Å². The minimum absolute atomic E-state index is 0.236. The van der Waals surface area contributed by atoms with E-state index in [4.69, 9.17) is 10.2 Å². The summed E-state index contributed by atoms with van der Waals surface area (Å²) in [5, 5.41) is 19.7. The maximum Gasteiger partial charge on any atom is 0.345 e. The highest BCUT2D eigenvalue weighted by Crippen LogP contribution is 2.19. The van der Waals surface area contributed by atoms with E-state index in [1.807, 2.05) is 17.5 Å². The van der Waals surface area contributed by atoms with Crippen molar-refractivity contribution in [3.05, 3.63) is 51.7 Å². The zero-order chi connectivity index (χ0) is 11.5. The molecule has 0 saturated heterocycles. The lowest BCUT2D eigenvalue weighted by molar-refractivity contribution is 0.0702. The average Bonchev–Trinajstić information content (AvgIpc) is 2.70. The summed E-state index contributed by atoms with van der Waals surface area (Å²) in [6, 6.07) is 8.58. The van der Waals surface area contributed by atoms with Crippen molar-refractivity contribution in [2.24, 2.45) is 0 Å². The summed E-state index contributed by atoms with van der Waals surface area (Å²) in [6.45, 7) is 0. The van der Waals surface area contributed by atoms with Crippen molar-refractivity contribution >= 4 is 17.3 Å². The fourth-order valence-corrected chi connectivity index (χ4v) is 2.18. The van der Waals surface area contributed by atoms with Crippen LogP contribution in [-0.2, 0) is 6.42 Å². The van der Waals surface area contributed by atoms with Crippen molar-refractivity contribution < 1.29 is 15.0 Å². The Kier molecular flexibility index (Phi) is 2.92. The summed E-state index contributed by atoms with van der Waals surface area (Å²) in [5.74, 6) is -0.651. The third-order valence-corrected chi connectivity index (χ3v) is 3.18.